The summed E-state index contributed by atoms with van der Waals surface area (Å²) < 4.78 is 0. The van der Waals surface area contributed by atoms with Gasteiger partial charge in [-0.1, -0.05) is 0 Å². The predicted octanol–water partition coefficient (Wildman–Crippen LogP) is 1.60. The van der Waals surface area contributed by atoms with E-state index >= 15 is 0 Å². The first-order valence-electron chi connectivity index (χ1n) is 6.18. The fourth-order valence-corrected chi connectivity index (χ4v) is 3.16. The van der Waals surface area contributed by atoms with Crippen LogP contribution in [-0.4, -0.2) is 28.4 Å². The molecule has 3 rings (SSSR count). The fourth-order valence-electron chi connectivity index (χ4n) is 3.16. The van der Waals surface area contributed by atoms with E-state index < -0.39 is 0 Å². The van der Waals surface area contributed by atoms with Gasteiger partial charge in [0.2, 0.25) is 0 Å². The number of piperidine rings is 1. The number of carbonyl (C=O) groups excluding carboxylic acids is 1. The number of likely N-dealkylation sites (tertiary alicyclic amines) is 1. The van der Waals surface area contributed by atoms with Crippen molar-refractivity contribution in [2.45, 2.75) is 32.2 Å². The highest BCUT2D eigenvalue weighted by molar-refractivity contribution is 5.95. The number of rotatable bonds is 1. The maximum Gasteiger partial charge on any atom is 0.254 e. The molecular formula is C13H17N3O. The van der Waals surface area contributed by atoms with Crippen molar-refractivity contribution in [1.29, 1.82) is 0 Å². The van der Waals surface area contributed by atoms with E-state index in [0.717, 1.165) is 24.6 Å². The van der Waals surface area contributed by atoms with Crippen molar-refractivity contribution in [3.05, 3.63) is 23.4 Å². The Labute approximate surface area is 101 Å². The molecule has 2 fully saturated rings. The minimum atomic E-state index is 0.120. The first-order chi connectivity index (χ1) is 8.13. The molecule has 0 spiro atoms. The number of pyridine rings is 1. The summed E-state index contributed by atoms with van der Waals surface area (Å²) in [5.41, 5.74) is 7.18. The maximum atomic E-state index is 12.4. The summed E-state index contributed by atoms with van der Waals surface area (Å²) in [7, 11) is 0. The summed E-state index contributed by atoms with van der Waals surface area (Å²) in [5, 5.41) is 0. The molecule has 1 aliphatic carbocycles. The van der Waals surface area contributed by atoms with Crippen LogP contribution in [0.1, 0.15) is 35.3 Å². The molecular weight excluding hydrogens is 214 g/mol. The van der Waals surface area contributed by atoms with E-state index in [1.807, 2.05) is 17.9 Å². The van der Waals surface area contributed by atoms with E-state index in [-0.39, 0.29) is 5.91 Å². The number of aromatic nitrogens is 1. The smallest absolute Gasteiger partial charge is 0.254 e. The lowest BCUT2D eigenvalue weighted by atomic mass is 10.1. The summed E-state index contributed by atoms with van der Waals surface area (Å²) in [6.07, 6.45) is 3.63. The van der Waals surface area contributed by atoms with Gasteiger partial charge in [-0.15, -0.1) is 0 Å². The molecule has 2 atom stereocenters. The lowest BCUT2D eigenvalue weighted by Gasteiger charge is -2.27. The molecule has 4 nitrogen and oxygen atoms in total. The first-order valence-corrected chi connectivity index (χ1v) is 6.18. The Morgan fingerprint density at radius 1 is 1.47 bits per heavy atom. The molecule has 2 unspecified atom stereocenters. The summed E-state index contributed by atoms with van der Waals surface area (Å²) >= 11 is 0. The number of anilines is 1. The van der Waals surface area contributed by atoms with E-state index in [2.05, 4.69) is 4.98 Å². The molecule has 0 aromatic carbocycles. The Morgan fingerprint density at radius 2 is 2.29 bits per heavy atom. The highest BCUT2D eigenvalue weighted by Crippen LogP contribution is 2.38. The molecule has 4 heteroatoms. The van der Waals surface area contributed by atoms with Gasteiger partial charge in [0.15, 0.2) is 0 Å². The van der Waals surface area contributed by atoms with Gasteiger partial charge in [-0.05, 0) is 44.2 Å². The molecule has 1 saturated heterocycles. The number of aryl methyl sites for hydroxylation is 1. The first kappa shape index (κ1) is 10.6. The van der Waals surface area contributed by atoms with E-state index in [1.165, 1.54) is 12.8 Å². The zero-order valence-corrected chi connectivity index (χ0v) is 10.0. The van der Waals surface area contributed by atoms with Crippen LogP contribution < -0.4 is 5.73 Å². The van der Waals surface area contributed by atoms with E-state index in [1.54, 1.807) is 6.07 Å². The van der Waals surface area contributed by atoms with Gasteiger partial charge in [-0.3, -0.25) is 4.79 Å². The predicted molar refractivity (Wildman–Crippen MR) is 65.6 cm³/mol. The number of nitrogens with two attached hydrogens (primary N) is 1. The molecule has 90 valence electrons. The molecule has 0 radical (unpaired) electrons. The molecule has 2 bridgehead atoms. The zero-order chi connectivity index (χ0) is 12.0. The van der Waals surface area contributed by atoms with Crippen LogP contribution in [0.2, 0.25) is 0 Å². The average Bonchev–Trinajstić information content (AvgIpc) is 2.88. The van der Waals surface area contributed by atoms with Gasteiger partial charge in [0.25, 0.3) is 5.91 Å². The number of nitrogen functional groups attached to an aromatic ring is 1. The van der Waals surface area contributed by atoms with Gasteiger partial charge in [-0.2, -0.15) is 0 Å². The van der Waals surface area contributed by atoms with Crippen molar-refractivity contribution >= 4 is 11.7 Å². The quantitative estimate of drug-likeness (QED) is 0.798. The van der Waals surface area contributed by atoms with Crippen LogP contribution in [0.5, 0.6) is 0 Å². The van der Waals surface area contributed by atoms with Crippen LogP contribution in [0.4, 0.5) is 5.82 Å². The molecule has 2 aliphatic rings. The summed E-state index contributed by atoms with van der Waals surface area (Å²) in [6.45, 7) is 2.79. The van der Waals surface area contributed by atoms with Crippen LogP contribution in [0.25, 0.3) is 0 Å². The SMILES string of the molecule is Cc1cc(C(=O)N2CC3CCC2C3)cc(N)n1. The molecule has 1 amide bonds. The summed E-state index contributed by atoms with van der Waals surface area (Å²) in [4.78, 5) is 18.5. The number of hydrogen-bond donors (Lipinski definition) is 1. The molecule has 1 saturated carbocycles. The van der Waals surface area contributed by atoms with Crippen molar-refractivity contribution in [2.24, 2.45) is 5.92 Å². The van der Waals surface area contributed by atoms with Crippen molar-refractivity contribution in [3.63, 3.8) is 0 Å². The standard InChI is InChI=1S/C13H17N3O/c1-8-4-10(6-12(14)15-8)13(17)16-7-9-2-3-11(16)5-9/h4,6,9,11H,2-3,5,7H2,1H3,(H2,14,15). The van der Waals surface area contributed by atoms with Crippen molar-refractivity contribution in [2.75, 3.05) is 12.3 Å². The Balaban J connectivity index is 1.86. The fraction of sp³-hybridized carbons (Fsp3) is 0.538. The lowest BCUT2D eigenvalue weighted by Crippen LogP contribution is -2.37. The summed E-state index contributed by atoms with van der Waals surface area (Å²) in [6, 6.07) is 3.97. The Bertz CT molecular complexity index is 451. The van der Waals surface area contributed by atoms with Crippen molar-refractivity contribution in [3.8, 4) is 0 Å². The minimum absolute atomic E-state index is 0.120. The Kier molecular flexibility index (Phi) is 2.31. The van der Waals surface area contributed by atoms with Crippen LogP contribution in [-0.2, 0) is 0 Å². The molecule has 17 heavy (non-hydrogen) atoms. The highest BCUT2D eigenvalue weighted by Gasteiger charge is 2.40. The maximum absolute atomic E-state index is 12.4. The van der Waals surface area contributed by atoms with Gasteiger partial charge in [0, 0.05) is 23.8 Å². The van der Waals surface area contributed by atoms with Crippen LogP contribution in [0, 0.1) is 12.8 Å². The second-order valence-corrected chi connectivity index (χ2v) is 5.21. The third-order valence-electron chi connectivity index (χ3n) is 3.89. The van der Waals surface area contributed by atoms with Gasteiger partial charge in [0.05, 0.1) is 0 Å². The molecule has 2 N–H and O–H groups in total. The third kappa shape index (κ3) is 1.77. The highest BCUT2D eigenvalue weighted by atomic mass is 16.2. The molecule has 2 heterocycles. The number of amides is 1. The number of fused-ring (bicyclic) bond motifs is 2. The zero-order valence-electron chi connectivity index (χ0n) is 10.0. The Hall–Kier alpha value is -1.58. The van der Waals surface area contributed by atoms with E-state index in [4.69, 9.17) is 5.73 Å². The van der Waals surface area contributed by atoms with Gasteiger partial charge in [-0.25, -0.2) is 4.98 Å². The van der Waals surface area contributed by atoms with Gasteiger partial charge in [0.1, 0.15) is 5.82 Å². The molecule has 1 aliphatic heterocycles. The Morgan fingerprint density at radius 3 is 2.88 bits per heavy atom. The average molecular weight is 231 g/mol. The van der Waals surface area contributed by atoms with E-state index in [0.29, 0.717) is 17.4 Å². The van der Waals surface area contributed by atoms with Crippen molar-refractivity contribution < 1.29 is 4.79 Å². The second kappa shape index (κ2) is 3.72. The number of nitrogens with zero attached hydrogens (tertiary/aromatic N) is 2. The molecule has 1 aromatic heterocycles. The summed E-state index contributed by atoms with van der Waals surface area (Å²) in [5.74, 6) is 1.27. The molecule has 1 aromatic rings. The second-order valence-electron chi connectivity index (χ2n) is 5.21. The van der Waals surface area contributed by atoms with Gasteiger partial charge >= 0.3 is 0 Å². The third-order valence-corrected chi connectivity index (χ3v) is 3.89. The number of carbonyl (C=O) groups is 1. The van der Waals surface area contributed by atoms with Crippen molar-refractivity contribution in [1.82, 2.24) is 9.88 Å². The van der Waals surface area contributed by atoms with Crippen LogP contribution in [0.15, 0.2) is 12.1 Å². The normalized spacial score (nSPS) is 26.5. The van der Waals surface area contributed by atoms with Crippen LogP contribution in [0.3, 0.4) is 0 Å². The largest absolute Gasteiger partial charge is 0.384 e. The minimum Gasteiger partial charge on any atom is -0.384 e. The topological polar surface area (TPSA) is 59.2 Å². The number of hydrogen-bond acceptors (Lipinski definition) is 3. The van der Waals surface area contributed by atoms with Gasteiger partial charge < -0.3 is 10.6 Å². The monoisotopic (exact) mass is 231 g/mol. The van der Waals surface area contributed by atoms with E-state index in [9.17, 15) is 4.79 Å². The lowest BCUT2D eigenvalue weighted by molar-refractivity contribution is 0.0703. The van der Waals surface area contributed by atoms with Crippen LogP contribution >= 0.6 is 0 Å².